The average Bonchev–Trinajstić information content (AvgIpc) is 2.68. The van der Waals surface area contributed by atoms with Gasteiger partial charge in [-0.05, 0) is 39.9 Å². The third kappa shape index (κ3) is 10.6. The van der Waals surface area contributed by atoms with Gasteiger partial charge in [0.05, 0.1) is 0 Å². The molecule has 0 unspecified atom stereocenters. The second-order valence-electron chi connectivity index (χ2n) is 5.53. The Kier molecular flexibility index (Phi) is 14.4. The number of nitrogens with one attached hydrogen (secondary N) is 2. The van der Waals surface area contributed by atoms with E-state index in [0.29, 0.717) is 0 Å². The van der Waals surface area contributed by atoms with Crippen LogP contribution in [0.2, 0.25) is 0 Å². The average molecular weight is 427 g/mol. The summed E-state index contributed by atoms with van der Waals surface area (Å²) in [4.78, 5) is 9.50. The maximum atomic E-state index is 5.04. The van der Waals surface area contributed by atoms with E-state index in [1.54, 1.807) is 7.11 Å². The van der Waals surface area contributed by atoms with E-state index in [9.17, 15) is 0 Å². The van der Waals surface area contributed by atoms with Gasteiger partial charge >= 0.3 is 0 Å². The highest BCUT2D eigenvalue weighted by atomic mass is 127. The fraction of sp³-hybridized carbons (Fsp3) is 0.933. The Morgan fingerprint density at radius 2 is 2.00 bits per heavy atom. The first kappa shape index (κ1) is 21.9. The van der Waals surface area contributed by atoms with Gasteiger partial charge in [0.2, 0.25) is 0 Å². The van der Waals surface area contributed by atoms with Crippen LogP contribution in [0.4, 0.5) is 0 Å². The highest BCUT2D eigenvalue weighted by Gasteiger charge is 2.11. The van der Waals surface area contributed by atoms with Crippen molar-refractivity contribution in [3.63, 3.8) is 0 Å². The van der Waals surface area contributed by atoms with Crippen LogP contribution in [0.1, 0.15) is 19.8 Å². The summed E-state index contributed by atoms with van der Waals surface area (Å²) in [5.41, 5.74) is 0. The third-order valence-corrected chi connectivity index (χ3v) is 3.65. The van der Waals surface area contributed by atoms with Gasteiger partial charge < -0.3 is 25.2 Å². The van der Waals surface area contributed by atoms with Gasteiger partial charge in [-0.25, -0.2) is 0 Å². The zero-order valence-corrected chi connectivity index (χ0v) is 16.8. The van der Waals surface area contributed by atoms with Gasteiger partial charge in [0.1, 0.15) is 0 Å². The van der Waals surface area contributed by atoms with Crippen molar-refractivity contribution in [2.45, 2.75) is 19.8 Å². The Morgan fingerprint density at radius 3 is 2.73 bits per heavy atom. The zero-order valence-electron chi connectivity index (χ0n) is 14.4. The molecule has 22 heavy (non-hydrogen) atoms. The summed E-state index contributed by atoms with van der Waals surface area (Å²) >= 11 is 0. The van der Waals surface area contributed by atoms with Crippen molar-refractivity contribution >= 4 is 29.9 Å². The molecule has 1 aliphatic rings. The molecule has 0 radical (unpaired) electrons. The lowest BCUT2D eigenvalue weighted by Gasteiger charge is -2.21. The number of hydrogen-bond donors (Lipinski definition) is 2. The van der Waals surface area contributed by atoms with Crippen molar-refractivity contribution in [1.82, 2.24) is 20.4 Å². The van der Waals surface area contributed by atoms with Gasteiger partial charge in [0, 0.05) is 53.0 Å². The number of methoxy groups -OCH3 is 1. The second-order valence-corrected chi connectivity index (χ2v) is 5.53. The first-order valence-electron chi connectivity index (χ1n) is 8.18. The molecule has 1 saturated heterocycles. The molecule has 7 heteroatoms. The molecule has 0 saturated carbocycles. The van der Waals surface area contributed by atoms with Gasteiger partial charge in [-0.2, -0.15) is 0 Å². The second kappa shape index (κ2) is 14.5. The number of nitrogens with zero attached hydrogens (tertiary/aromatic N) is 3. The Morgan fingerprint density at radius 1 is 1.18 bits per heavy atom. The van der Waals surface area contributed by atoms with E-state index in [4.69, 9.17) is 4.74 Å². The van der Waals surface area contributed by atoms with Crippen LogP contribution in [-0.2, 0) is 4.74 Å². The van der Waals surface area contributed by atoms with E-state index < -0.39 is 0 Å². The highest BCUT2D eigenvalue weighted by Crippen LogP contribution is 1.99. The fourth-order valence-corrected chi connectivity index (χ4v) is 2.40. The molecule has 0 amide bonds. The van der Waals surface area contributed by atoms with E-state index in [-0.39, 0.29) is 24.0 Å². The lowest BCUT2D eigenvalue weighted by atomic mass is 10.4. The summed E-state index contributed by atoms with van der Waals surface area (Å²) in [6.45, 7) is 11.3. The van der Waals surface area contributed by atoms with Crippen LogP contribution < -0.4 is 10.6 Å². The van der Waals surface area contributed by atoms with Gasteiger partial charge in [0.15, 0.2) is 5.96 Å². The summed E-state index contributed by atoms with van der Waals surface area (Å²) in [5, 5.41) is 6.71. The molecule has 2 N–H and O–H groups in total. The Hall–Kier alpha value is -0.120. The maximum absolute atomic E-state index is 5.04. The molecule has 0 aromatic rings. The molecule has 0 spiro atoms. The minimum atomic E-state index is 0. The Labute approximate surface area is 153 Å². The molecule has 1 aliphatic heterocycles. The van der Waals surface area contributed by atoms with Crippen LogP contribution >= 0.6 is 24.0 Å². The number of hydrogen-bond acceptors (Lipinski definition) is 4. The van der Waals surface area contributed by atoms with Gasteiger partial charge in [0.25, 0.3) is 0 Å². The molecule has 1 fully saturated rings. The van der Waals surface area contributed by atoms with Crippen molar-refractivity contribution in [1.29, 1.82) is 0 Å². The lowest BCUT2D eigenvalue weighted by Crippen LogP contribution is -2.42. The van der Waals surface area contributed by atoms with Gasteiger partial charge in [-0.1, -0.05) is 0 Å². The first-order valence-corrected chi connectivity index (χ1v) is 8.18. The molecule has 0 aliphatic carbocycles. The lowest BCUT2D eigenvalue weighted by molar-refractivity contribution is 0.197. The van der Waals surface area contributed by atoms with Crippen molar-refractivity contribution in [3.05, 3.63) is 0 Å². The minimum absolute atomic E-state index is 0. The quantitative estimate of drug-likeness (QED) is 0.260. The monoisotopic (exact) mass is 427 g/mol. The maximum Gasteiger partial charge on any atom is 0.191 e. The van der Waals surface area contributed by atoms with E-state index in [2.05, 4.69) is 39.4 Å². The summed E-state index contributed by atoms with van der Waals surface area (Å²) in [5.74, 6) is 0.917. The normalized spacial score (nSPS) is 17.7. The zero-order chi connectivity index (χ0) is 15.3. The Balaban J connectivity index is 0.00000441. The molecule has 0 aromatic heterocycles. The molecular weight excluding hydrogens is 393 g/mol. The number of aliphatic imine (C=N–C) groups is 1. The number of guanidine groups is 1. The summed E-state index contributed by atoms with van der Waals surface area (Å²) < 4.78 is 5.04. The van der Waals surface area contributed by atoms with Crippen molar-refractivity contribution in [3.8, 4) is 0 Å². The summed E-state index contributed by atoms with van der Waals surface area (Å²) in [7, 11) is 3.93. The van der Waals surface area contributed by atoms with E-state index in [1.807, 2.05) is 0 Å². The van der Waals surface area contributed by atoms with E-state index in [0.717, 1.165) is 45.2 Å². The van der Waals surface area contributed by atoms with Crippen LogP contribution in [0.25, 0.3) is 0 Å². The van der Waals surface area contributed by atoms with E-state index in [1.165, 1.54) is 32.6 Å². The molecule has 0 bridgehead atoms. The molecule has 1 heterocycles. The number of rotatable bonds is 8. The molecule has 0 atom stereocenters. The van der Waals surface area contributed by atoms with E-state index >= 15 is 0 Å². The molecule has 1 rings (SSSR count). The predicted molar refractivity (Wildman–Crippen MR) is 104 cm³/mol. The van der Waals surface area contributed by atoms with Crippen LogP contribution in [0.3, 0.4) is 0 Å². The minimum Gasteiger partial charge on any atom is -0.385 e. The number of likely N-dealkylation sites (N-methyl/N-ethyl adjacent to an activating group) is 1. The van der Waals surface area contributed by atoms with Crippen molar-refractivity contribution in [2.75, 3.05) is 73.1 Å². The standard InChI is InChI=1S/C15H33N5O.HI/c1-4-16-15(17-7-5-14-21-3)18-8-11-20-10-6-9-19(2)12-13-20;/h4-14H2,1-3H3,(H2,16,17,18);1H. The third-order valence-electron chi connectivity index (χ3n) is 3.65. The summed E-state index contributed by atoms with van der Waals surface area (Å²) in [6.07, 6.45) is 2.23. The number of halogens is 1. The topological polar surface area (TPSA) is 52.1 Å². The molecular formula is C15H34IN5O. The smallest absolute Gasteiger partial charge is 0.191 e. The van der Waals surface area contributed by atoms with Crippen molar-refractivity contribution in [2.24, 2.45) is 4.99 Å². The van der Waals surface area contributed by atoms with Gasteiger partial charge in [-0.15, -0.1) is 24.0 Å². The molecule has 6 nitrogen and oxygen atoms in total. The van der Waals surface area contributed by atoms with Crippen molar-refractivity contribution < 1.29 is 4.74 Å². The molecule has 0 aromatic carbocycles. The van der Waals surface area contributed by atoms with Gasteiger partial charge in [-0.3, -0.25) is 4.99 Å². The van der Waals surface area contributed by atoms with Crippen LogP contribution in [-0.4, -0.2) is 88.9 Å². The van der Waals surface area contributed by atoms with Crippen LogP contribution in [0, 0.1) is 0 Å². The predicted octanol–water partition coefficient (Wildman–Crippen LogP) is 0.834. The Bertz CT molecular complexity index is 291. The highest BCUT2D eigenvalue weighted by molar-refractivity contribution is 14.0. The molecule has 132 valence electrons. The fourth-order valence-electron chi connectivity index (χ4n) is 2.40. The van der Waals surface area contributed by atoms with Crippen LogP contribution in [0.15, 0.2) is 4.99 Å². The first-order chi connectivity index (χ1) is 10.3. The largest absolute Gasteiger partial charge is 0.385 e. The number of ether oxygens (including phenoxy) is 1. The van der Waals surface area contributed by atoms with Crippen LogP contribution in [0.5, 0.6) is 0 Å². The summed E-state index contributed by atoms with van der Waals surface area (Å²) in [6, 6.07) is 0. The SMILES string of the molecule is CCNC(=NCCCOC)NCCN1CCCN(C)CC1.I.